The SMILES string of the molecule is CC(C)(C)OC(=O)NCCCCCCOc1ccc(CCC(=O)O)cc1. The summed E-state index contributed by atoms with van der Waals surface area (Å²) in [6.07, 6.45) is 4.23. The first kappa shape index (κ1) is 21.8. The Hall–Kier alpha value is -2.24. The topological polar surface area (TPSA) is 84.9 Å². The summed E-state index contributed by atoms with van der Waals surface area (Å²) in [5, 5.41) is 11.4. The zero-order valence-electron chi connectivity index (χ0n) is 16.0. The van der Waals surface area contributed by atoms with Crippen molar-refractivity contribution < 1.29 is 24.2 Å². The lowest BCUT2D eigenvalue weighted by atomic mass is 10.1. The molecule has 1 aromatic carbocycles. The van der Waals surface area contributed by atoms with Gasteiger partial charge in [0, 0.05) is 13.0 Å². The van der Waals surface area contributed by atoms with Crippen molar-refractivity contribution in [2.75, 3.05) is 13.2 Å². The molecule has 6 nitrogen and oxygen atoms in total. The summed E-state index contributed by atoms with van der Waals surface area (Å²) >= 11 is 0. The molecule has 0 aromatic heterocycles. The van der Waals surface area contributed by atoms with E-state index in [1.54, 1.807) is 0 Å². The number of hydrogen-bond acceptors (Lipinski definition) is 4. The fourth-order valence-electron chi connectivity index (χ4n) is 2.28. The second kappa shape index (κ2) is 11.4. The van der Waals surface area contributed by atoms with Crippen molar-refractivity contribution in [3.8, 4) is 5.75 Å². The van der Waals surface area contributed by atoms with Crippen LogP contribution < -0.4 is 10.1 Å². The third-order valence-corrected chi connectivity index (χ3v) is 3.56. The van der Waals surface area contributed by atoms with Gasteiger partial charge in [0.15, 0.2) is 0 Å². The van der Waals surface area contributed by atoms with Crippen molar-refractivity contribution in [1.29, 1.82) is 0 Å². The van der Waals surface area contributed by atoms with E-state index in [1.165, 1.54) is 0 Å². The van der Waals surface area contributed by atoms with Crippen LogP contribution in [0, 0.1) is 0 Å². The highest BCUT2D eigenvalue weighted by Gasteiger charge is 2.15. The summed E-state index contributed by atoms with van der Waals surface area (Å²) in [7, 11) is 0. The van der Waals surface area contributed by atoms with Crippen molar-refractivity contribution in [2.45, 2.75) is 64.9 Å². The van der Waals surface area contributed by atoms with Gasteiger partial charge >= 0.3 is 12.1 Å². The van der Waals surface area contributed by atoms with Gasteiger partial charge in [0.25, 0.3) is 0 Å². The molecule has 1 rings (SSSR count). The minimum atomic E-state index is -0.786. The third kappa shape index (κ3) is 11.3. The number of carboxylic acids is 1. The molecule has 0 unspecified atom stereocenters. The maximum Gasteiger partial charge on any atom is 0.407 e. The zero-order chi connectivity index (χ0) is 19.4. The van der Waals surface area contributed by atoms with Gasteiger partial charge < -0.3 is 19.9 Å². The van der Waals surface area contributed by atoms with E-state index in [4.69, 9.17) is 14.6 Å². The lowest BCUT2D eigenvalue weighted by molar-refractivity contribution is -0.136. The number of carboxylic acid groups (broad SMARTS) is 1. The summed E-state index contributed by atoms with van der Waals surface area (Å²) in [4.78, 5) is 22.0. The van der Waals surface area contributed by atoms with Gasteiger partial charge in [-0.05, 0) is 57.7 Å². The Morgan fingerprint density at radius 1 is 1.04 bits per heavy atom. The number of aryl methyl sites for hydroxylation is 1. The standard InChI is InChI=1S/C20H31NO5/c1-20(2,3)26-19(24)21-14-6-4-5-7-15-25-17-11-8-16(9-12-17)10-13-18(22)23/h8-9,11-12H,4-7,10,13-15H2,1-3H3,(H,21,24)(H,22,23). The molecule has 0 bridgehead atoms. The van der Waals surface area contributed by atoms with Crippen molar-refractivity contribution in [3.63, 3.8) is 0 Å². The molecule has 6 heteroatoms. The molecule has 0 aliphatic rings. The molecule has 1 amide bonds. The van der Waals surface area contributed by atoms with E-state index in [2.05, 4.69) is 5.32 Å². The number of aliphatic carboxylic acids is 1. The first-order valence-electron chi connectivity index (χ1n) is 9.16. The van der Waals surface area contributed by atoms with Gasteiger partial charge in [-0.25, -0.2) is 4.79 Å². The Bertz CT molecular complexity index is 548. The molecule has 2 N–H and O–H groups in total. The Balaban J connectivity index is 2.03. The van der Waals surface area contributed by atoms with E-state index in [0.29, 0.717) is 19.6 Å². The molecule has 0 aliphatic carbocycles. The van der Waals surface area contributed by atoms with Crippen molar-refractivity contribution in [2.24, 2.45) is 0 Å². The number of benzene rings is 1. The molecule has 0 heterocycles. The summed E-state index contributed by atoms with van der Waals surface area (Å²) in [6.45, 7) is 6.80. The Labute approximate surface area is 155 Å². The number of alkyl carbamates (subject to hydrolysis) is 1. The summed E-state index contributed by atoms with van der Waals surface area (Å²) in [6, 6.07) is 7.56. The lowest BCUT2D eigenvalue weighted by Gasteiger charge is -2.19. The predicted molar refractivity (Wildman–Crippen MR) is 101 cm³/mol. The molecule has 0 atom stereocenters. The van der Waals surface area contributed by atoms with Gasteiger partial charge in [-0.1, -0.05) is 25.0 Å². The minimum absolute atomic E-state index is 0.142. The average Bonchev–Trinajstić information content (AvgIpc) is 2.54. The highest BCUT2D eigenvalue weighted by Crippen LogP contribution is 2.14. The average molecular weight is 365 g/mol. The van der Waals surface area contributed by atoms with Crippen LogP contribution in [0.15, 0.2) is 24.3 Å². The quantitative estimate of drug-likeness (QED) is 0.575. The van der Waals surface area contributed by atoms with Crippen LogP contribution in [0.25, 0.3) is 0 Å². The summed E-state index contributed by atoms with van der Waals surface area (Å²) < 4.78 is 10.8. The number of unbranched alkanes of at least 4 members (excludes halogenated alkanes) is 3. The van der Waals surface area contributed by atoms with Crippen LogP contribution in [0.5, 0.6) is 5.75 Å². The second-order valence-electron chi connectivity index (χ2n) is 7.23. The lowest BCUT2D eigenvalue weighted by Crippen LogP contribution is -2.32. The Morgan fingerprint density at radius 2 is 1.69 bits per heavy atom. The van der Waals surface area contributed by atoms with Gasteiger partial charge in [-0.2, -0.15) is 0 Å². The minimum Gasteiger partial charge on any atom is -0.494 e. The van der Waals surface area contributed by atoms with E-state index in [-0.39, 0.29) is 12.5 Å². The molecule has 0 radical (unpaired) electrons. The monoisotopic (exact) mass is 365 g/mol. The number of nitrogens with one attached hydrogen (secondary N) is 1. The molecule has 1 aromatic rings. The third-order valence-electron chi connectivity index (χ3n) is 3.56. The van der Waals surface area contributed by atoms with Crippen molar-refractivity contribution >= 4 is 12.1 Å². The van der Waals surface area contributed by atoms with Crippen LogP contribution in [-0.2, 0) is 16.0 Å². The normalized spacial score (nSPS) is 11.0. The largest absolute Gasteiger partial charge is 0.494 e. The predicted octanol–water partition coefficient (Wildman–Crippen LogP) is 4.17. The van der Waals surface area contributed by atoms with E-state index in [9.17, 15) is 9.59 Å². The van der Waals surface area contributed by atoms with Gasteiger partial charge in [0.05, 0.1) is 6.61 Å². The van der Waals surface area contributed by atoms with E-state index in [0.717, 1.165) is 37.0 Å². The molecule has 0 saturated carbocycles. The first-order valence-corrected chi connectivity index (χ1v) is 9.16. The molecule has 0 aliphatic heterocycles. The van der Waals surface area contributed by atoms with Crippen LogP contribution in [0.4, 0.5) is 4.79 Å². The van der Waals surface area contributed by atoms with E-state index in [1.807, 2.05) is 45.0 Å². The van der Waals surface area contributed by atoms with Crippen molar-refractivity contribution in [1.82, 2.24) is 5.32 Å². The van der Waals surface area contributed by atoms with Crippen LogP contribution in [0.1, 0.15) is 58.4 Å². The van der Waals surface area contributed by atoms with Crippen LogP contribution in [0.2, 0.25) is 0 Å². The summed E-state index contributed by atoms with van der Waals surface area (Å²) in [5.41, 5.74) is 0.535. The Morgan fingerprint density at radius 3 is 2.31 bits per heavy atom. The smallest absolute Gasteiger partial charge is 0.407 e. The van der Waals surface area contributed by atoms with Crippen LogP contribution in [-0.4, -0.2) is 35.9 Å². The molecule has 0 saturated heterocycles. The fraction of sp³-hybridized carbons (Fsp3) is 0.600. The molecular weight excluding hydrogens is 334 g/mol. The fourth-order valence-corrected chi connectivity index (χ4v) is 2.28. The molecule has 146 valence electrons. The van der Waals surface area contributed by atoms with Crippen molar-refractivity contribution in [3.05, 3.63) is 29.8 Å². The summed E-state index contributed by atoms with van der Waals surface area (Å²) in [5.74, 6) is 0.0160. The van der Waals surface area contributed by atoms with Gasteiger partial charge in [-0.15, -0.1) is 0 Å². The molecule has 26 heavy (non-hydrogen) atoms. The Kier molecular flexibility index (Phi) is 9.55. The highest BCUT2D eigenvalue weighted by atomic mass is 16.6. The number of amides is 1. The van der Waals surface area contributed by atoms with Crippen LogP contribution in [0.3, 0.4) is 0 Å². The first-order chi connectivity index (χ1) is 12.3. The number of carbonyl (C=O) groups excluding carboxylic acids is 1. The second-order valence-corrected chi connectivity index (χ2v) is 7.23. The van der Waals surface area contributed by atoms with Gasteiger partial charge in [0.2, 0.25) is 0 Å². The van der Waals surface area contributed by atoms with Crippen LogP contribution >= 0.6 is 0 Å². The van der Waals surface area contributed by atoms with Gasteiger partial charge in [-0.3, -0.25) is 4.79 Å². The van der Waals surface area contributed by atoms with E-state index < -0.39 is 11.6 Å². The number of carbonyl (C=O) groups is 2. The van der Waals surface area contributed by atoms with Gasteiger partial charge in [0.1, 0.15) is 11.4 Å². The molecule has 0 spiro atoms. The number of rotatable bonds is 11. The maximum atomic E-state index is 11.5. The van der Waals surface area contributed by atoms with E-state index >= 15 is 0 Å². The molecule has 0 fully saturated rings. The highest BCUT2D eigenvalue weighted by molar-refractivity contribution is 5.67. The number of ether oxygens (including phenoxy) is 2. The maximum absolute atomic E-state index is 11.5. The number of hydrogen-bond donors (Lipinski definition) is 2. The zero-order valence-corrected chi connectivity index (χ0v) is 16.0. The molecular formula is C20H31NO5.